The van der Waals surface area contributed by atoms with Gasteiger partial charge in [-0.25, -0.2) is 13.4 Å². The highest BCUT2D eigenvalue weighted by Gasteiger charge is 2.23. The van der Waals surface area contributed by atoms with E-state index >= 15 is 0 Å². The van der Waals surface area contributed by atoms with Gasteiger partial charge < -0.3 is 10.1 Å². The van der Waals surface area contributed by atoms with Crippen LogP contribution in [-0.2, 0) is 14.6 Å². The topological polar surface area (TPSA) is 89.8 Å². The first-order chi connectivity index (χ1) is 11.0. The molecule has 124 valence electrons. The van der Waals surface area contributed by atoms with Crippen LogP contribution in [0.25, 0.3) is 5.52 Å². The summed E-state index contributed by atoms with van der Waals surface area (Å²) in [5, 5.41) is 2.66. The average molecular weight is 337 g/mol. The van der Waals surface area contributed by atoms with Crippen LogP contribution in [0, 0.1) is 0 Å². The van der Waals surface area contributed by atoms with E-state index in [2.05, 4.69) is 10.3 Å². The Labute approximate surface area is 134 Å². The van der Waals surface area contributed by atoms with Crippen molar-refractivity contribution in [3.8, 4) is 0 Å². The van der Waals surface area contributed by atoms with Crippen LogP contribution < -0.4 is 5.32 Å². The lowest BCUT2D eigenvalue weighted by Crippen LogP contribution is -2.35. The average Bonchev–Trinajstić information content (AvgIpc) is 2.93. The Hall–Kier alpha value is -1.93. The SMILES string of the molecule is CS(=O)(=O)c1nc(C(=O)NC[C@@H]2CCCCO2)c2ccccn12. The second-order valence-electron chi connectivity index (χ2n) is 5.67. The molecule has 1 N–H and O–H groups in total. The van der Waals surface area contributed by atoms with Crippen LogP contribution in [0.1, 0.15) is 29.8 Å². The van der Waals surface area contributed by atoms with Crippen LogP contribution in [-0.4, -0.2) is 49.2 Å². The Bertz CT molecular complexity index is 822. The molecule has 23 heavy (non-hydrogen) atoms. The lowest BCUT2D eigenvalue weighted by molar-refractivity contribution is 0.0168. The van der Waals surface area contributed by atoms with E-state index in [-0.39, 0.29) is 17.0 Å². The molecule has 0 radical (unpaired) electrons. The zero-order valence-electron chi connectivity index (χ0n) is 12.9. The summed E-state index contributed by atoms with van der Waals surface area (Å²) in [5.41, 5.74) is 0.580. The molecule has 0 aliphatic carbocycles. The first-order valence-electron chi connectivity index (χ1n) is 7.54. The summed E-state index contributed by atoms with van der Waals surface area (Å²) < 4.78 is 30.7. The van der Waals surface area contributed by atoms with Crippen LogP contribution in [0.4, 0.5) is 0 Å². The first-order valence-corrected chi connectivity index (χ1v) is 9.43. The van der Waals surface area contributed by atoms with Gasteiger partial charge in [0.1, 0.15) is 0 Å². The number of aromatic nitrogens is 2. The van der Waals surface area contributed by atoms with E-state index in [4.69, 9.17) is 4.74 Å². The Morgan fingerprint density at radius 2 is 2.26 bits per heavy atom. The van der Waals surface area contributed by atoms with Gasteiger partial charge >= 0.3 is 0 Å². The highest BCUT2D eigenvalue weighted by atomic mass is 32.2. The maximum absolute atomic E-state index is 12.4. The molecule has 0 spiro atoms. The summed E-state index contributed by atoms with van der Waals surface area (Å²) in [6.45, 7) is 1.12. The first kappa shape index (κ1) is 15.9. The van der Waals surface area contributed by atoms with Crippen LogP contribution in [0.3, 0.4) is 0 Å². The van der Waals surface area contributed by atoms with E-state index in [9.17, 15) is 13.2 Å². The van der Waals surface area contributed by atoms with Gasteiger partial charge in [-0.1, -0.05) is 6.07 Å². The number of ether oxygens (including phenoxy) is 1. The van der Waals surface area contributed by atoms with Crippen molar-refractivity contribution in [2.45, 2.75) is 30.5 Å². The molecule has 0 aromatic carbocycles. The van der Waals surface area contributed by atoms with Gasteiger partial charge in [0.05, 0.1) is 11.6 Å². The lowest BCUT2D eigenvalue weighted by atomic mass is 10.1. The molecule has 2 aromatic heterocycles. The molecule has 3 rings (SSSR count). The number of carbonyl (C=O) groups is 1. The van der Waals surface area contributed by atoms with Gasteiger partial charge in [0.15, 0.2) is 5.69 Å². The normalized spacial score (nSPS) is 18.9. The van der Waals surface area contributed by atoms with Crippen LogP contribution in [0.15, 0.2) is 29.6 Å². The third kappa shape index (κ3) is 3.37. The smallest absolute Gasteiger partial charge is 0.272 e. The van der Waals surface area contributed by atoms with E-state index in [1.165, 1.54) is 4.40 Å². The van der Waals surface area contributed by atoms with Crippen molar-refractivity contribution in [1.29, 1.82) is 0 Å². The number of hydrogen-bond acceptors (Lipinski definition) is 5. The minimum absolute atomic E-state index is 0.0101. The van der Waals surface area contributed by atoms with Crippen molar-refractivity contribution in [2.75, 3.05) is 19.4 Å². The second kappa shape index (κ2) is 6.29. The van der Waals surface area contributed by atoms with E-state index < -0.39 is 15.7 Å². The van der Waals surface area contributed by atoms with Gasteiger partial charge in [-0.3, -0.25) is 9.20 Å². The van der Waals surface area contributed by atoms with Crippen molar-refractivity contribution in [3.05, 3.63) is 30.1 Å². The fraction of sp³-hybridized carbons (Fsp3) is 0.467. The van der Waals surface area contributed by atoms with Gasteiger partial charge in [0.25, 0.3) is 5.91 Å². The number of hydrogen-bond donors (Lipinski definition) is 1. The number of pyridine rings is 1. The number of sulfone groups is 1. The quantitative estimate of drug-likeness (QED) is 0.900. The number of nitrogens with one attached hydrogen (secondary N) is 1. The van der Waals surface area contributed by atoms with Gasteiger partial charge in [-0.05, 0) is 31.4 Å². The van der Waals surface area contributed by atoms with Gasteiger partial charge in [-0.2, -0.15) is 0 Å². The molecule has 1 aliphatic heterocycles. The molecular formula is C15H19N3O4S. The van der Waals surface area contributed by atoms with E-state index in [0.29, 0.717) is 18.7 Å². The molecule has 1 atom stereocenters. The number of amides is 1. The Morgan fingerprint density at radius 1 is 1.43 bits per heavy atom. The molecule has 1 fully saturated rings. The van der Waals surface area contributed by atoms with Crippen molar-refractivity contribution in [2.24, 2.45) is 0 Å². The predicted molar refractivity (Wildman–Crippen MR) is 84.2 cm³/mol. The zero-order valence-corrected chi connectivity index (χ0v) is 13.7. The molecular weight excluding hydrogens is 318 g/mol. The zero-order chi connectivity index (χ0) is 16.4. The highest BCUT2D eigenvalue weighted by molar-refractivity contribution is 7.90. The molecule has 8 heteroatoms. The Balaban J connectivity index is 1.85. The van der Waals surface area contributed by atoms with E-state index in [1.807, 2.05) is 0 Å². The molecule has 0 unspecified atom stereocenters. The minimum Gasteiger partial charge on any atom is -0.376 e. The van der Waals surface area contributed by atoms with Crippen molar-refractivity contribution in [3.63, 3.8) is 0 Å². The van der Waals surface area contributed by atoms with Crippen molar-refractivity contribution < 1.29 is 17.9 Å². The largest absolute Gasteiger partial charge is 0.376 e. The summed E-state index contributed by atoms with van der Waals surface area (Å²) in [6.07, 6.45) is 5.72. The summed E-state index contributed by atoms with van der Waals surface area (Å²) in [6, 6.07) is 5.11. The fourth-order valence-electron chi connectivity index (χ4n) is 2.70. The number of rotatable bonds is 4. The minimum atomic E-state index is -3.53. The molecule has 2 aromatic rings. The Morgan fingerprint density at radius 3 is 2.96 bits per heavy atom. The molecule has 7 nitrogen and oxygen atoms in total. The molecule has 0 saturated carbocycles. The van der Waals surface area contributed by atoms with Crippen LogP contribution in [0.5, 0.6) is 0 Å². The van der Waals surface area contributed by atoms with Crippen LogP contribution in [0.2, 0.25) is 0 Å². The molecule has 1 aliphatic rings. The van der Waals surface area contributed by atoms with Gasteiger partial charge in [-0.15, -0.1) is 0 Å². The monoisotopic (exact) mass is 337 g/mol. The van der Waals surface area contributed by atoms with E-state index in [1.54, 1.807) is 24.4 Å². The summed E-state index contributed by atoms with van der Waals surface area (Å²) >= 11 is 0. The maximum Gasteiger partial charge on any atom is 0.272 e. The van der Waals surface area contributed by atoms with E-state index in [0.717, 1.165) is 25.5 Å². The summed E-state index contributed by atoms with van der Waals surface area (Å²) in [5.74, 6) is -0.391. The highest BCUT2D eigenvalue weighted by Crippen LogP contribution is 2.17. The number of imidazole rings is 1. The summed E-state index contributed by atoms with van der Waals surface area (Å²) in [7, 11) is -3.53. The standard InChI is InChI=1S/C15H19N3O4S/c1-23(20,21)15-17-13(12-7-2-4-8-18(12)15)14(19)16-10-11-6-3-5-9-22-11/h2,4,7-8,11H,3,5-6,9-10H2,1H3,(H,16,19)/t11-/m0/s1. The number of fused-ring (bicyclic) bond motifs is 1. The van der Waals surface area contributed by atoms with Crippen LogP contribution >= 0.6 is 0 Å². The molecule has 0 bridgehead atoms. The van der Waals surface area contributed by atoms with Gasteiger partial charge in [0, 0.05) is 25.6 Å². The second-order valence-corrected chi connectivity index (χ2v) is 7.58. The number of nitrogens with zero attached hydrogens (tertiary/aromatic N) is 2. The maximum atomic E-state index is 12.4. The summed E-state index contributed by atoms with van der Waals surface area (Å²) in [4.78, 5) is 16.5. The molecule has 1 saturated heterocycles. The fourth-order valence-corrected chi connectivity index (χ4v) is 3.47. The molecule has 1 amide bonds. The van der Waals surface area contributed by atoms with Crippen molar-refractivity contribution >= 4 is 21.3 Å². The third-order valence-electron chi connectivity index (χ3n) is 3.83. The van der Waals surface area contributed by atoms with Crippen molar-refractivity contribution in [1.82, 2.24) is 14.7 Å². The number of carbonyl (C=O) groups excluding carboxylic acids is 1. The third-order valence-corrected chi connectivity index (χ3v) is 4.78. The molecule has 3 heterocycles. The van der Waals surface area contributed by atoms with Gasteiger partial charge in [0.2, 0.25) is 15.0 Å². The Kier molecular flexibility index (Phi) is 4.36. The lowest BCUT2D eigenvalue weighted by Gasteiger charge is -2.22. The predicted octanol–water partition coefficient (Wildman–Crippen LogP) is 1.04.